The molecule has 2 aromatic heterocycles. The number of aryl methyl sites for hydroxylation is 2. The summed E-state index contributed by atoms with van der Waals surface area (Å²) in [6, 6.07) is 10.4. The summed E-state index contributed by atoms with van der Waals surface area (Å²) in [5, 5.41) is 9.00. The summed E-state index contributed by atoms with van der Waals surface area (Å²) in [7, 11) is 0. The van der Waals surface area contributed by atoms with E-state index in [1.165, 1.54) is 10.3 Å². The number of rotatable bonds is 5. The molecule has 2 heterocycles. The Morgan fingerprint density at radius 1 is 1.25 bits per heavy atom. The molecule has 0 spiro atoms. The largest absolute Gasteiger partial charge is 0.357 e. The van der Waals surface area contributed by atoms with Crippen LogP contribution in [0, 0.1) is 13.8 Å². The monoisotopic (exact) mass is 341 g/mol. The van der Waals surface area contributed by atoms with Crippen LogP contribution in [0.4, 0.5) is 0 Å². The molecule has 126 valence electrons. The second-order valence-corrected chi connectivity index (χ2v) is 6.96. The number of nitrogens with one attached hydrogen (secondary N) is 3. The van der Waals surface area contributed by atoms with Gasteiger partial charge in [0.1, 0.15) is 0 Å². The van der Waals surface area contributed by atoms with Crippen LogP contribution in [0.5, 0.6) is 0 Å². The van der Waals surface area contributed by atoms with Crippen molar-refractivity contribution in [3.63, 3.8) is 0 Å². The molecule has 24 heavy (non-hydrogen) atoms. The molecule has 5 nitrogen and oxygen atoms in total. The first-order valence-electron chi connectivity index (χ1n) is 8.17. The van der Waals surface area contributed by atoms with Crippen LogP contribution in [0.1, 0.15) is 28.2 Å². The second-order valence-electron chi connectivity index (χ2n) is 5.67. The maximum Gasteiger partial charge on any atom is 0.191 e. The smallest absolute Gasteiger partial charge is 0.191 e. The van der Waals surface area contributed by atoms with Crippen LogP contribution >= 0.6 is 11.3 Å². The van der Waals surface area contributed by atoms with Gasteiger partial charge in [0.05, 0.1) is 23.8 Å². The Morgan fingerprint density at radius 2 is 2.08 bits per heavy atom. The summed E-state index contributed by atoms with van der Waals surface area (Å²) in [4.78, 5) is 13.8. The van der Waals surface area contributed by atoms with Crippen molar-refractivity contribution in [2.45, 2.75) is 33.9 Å². The van der Waals surface area contributed by atoms with Gasteiger partial charge in [0.25, 0.3) is 0 Å². The zero-order chi connectivity index (χ0) is 16.9. The van der Waals surface area contributed by atoms with E-state index in [1.54, 1.807) is 11.3 Å². The van der Waals surface area contributed by atoms with Crippen molar-refractivity contribution < 1.29 is 0 Å². The van der Waals surface area contributed by atoms with Crippen molar-refractivity contribution in [2.75, 3.05) is 6.54 Å². The van der Waals surface area contributed by atoms with Crippen molar-refractivity contribution in [1.82, 2.24) is 20.6 Å². The Hall–Kier alpha value is -2.34. The number of hydrogen-bond donors (Lipinski definition) is 3. The van der Waals surface area contributed by atoms with E-state index < -0.39 is 0 Å². The molecule has 0 aliphatic carbocycles. The van der Waals surface area contributed by atoms with Crippen molar-refractivity contribution in [1.29, 1.82) is 0 Å². The Labute approximate surface area is 146 Å². The van der Waals surface area contributed by atoms with Gasteiger partial charge in [-0.1, -0.05) is 18.2 Å². The van der Waals surface area contributed by atoms with E-state index in [0.717, 1.165) is 41.0 Å². The Morgan fingerprint density at radius 3 is 2.79 bits per heavy atom. The fourth-order valence-electron chi connectivity index (χ4n) is 2.63. The predicted octanol–water partition coefficient (Wildman–Crippen LogP) is 3.50. The summed E-state index contributed by atoms with van der Waals surface area (Å²) in [5.41, 5.74) is 3.35. The van der Waals surface area contributed by atoms with E-state index in [2.05, 4.69) is 57.6 Å². The summed E-state index contributed by atoms with van der Waals surface area (Å²) in [6.07, 6.45) is 0. The third kappa shape index (κ3) is 3.94. The number of nitrogens with zero attached hydrogens (tertiary/aromatic N) is 2. The van der Waals surface area contributed by atoms with E-state index in [4.69, 9.17) is 0 Å². The molecule has 0 unspecified atom stereocenters. The van der Waals surface area contributed by atoms with Gasteiger partial charge in [0, 0.05) is 22.6 Å². The van der Waals surface area contributed by atoms with Crippen LogP contribution in [0.25, 0.3) is 10.9 Å². The quantitative estimate of drug-likeness (QED) is 0.491. The summed E-state index contributed by atoms with van der Waals surface area (Å²) in [6.45, 7) is 8.35. The molecule has 0 bridgehead atoms. The number of H-pyrrole nitrogens is 1. The third-order valence-corrected chi connectivity index (χ3v) is 4.83. The standard InChI is InChI=1S/C18H23N5S/c1-4-19-18(21-11-17-12(2)22-13(3)24-17)20-10-15-9-14-7-5-6-8-16(14)23-15/h5-9,23H,4,10-11H2,1-3H3,(H2,19,20,21). The molecule has 0 saturated heterocycles. The number of benzene rings is 1. The molecule has 6 heteroatoms. The molecule has 0 aliphatic rings. The highest BCUT2D eigenvalue weighted by molar-refractivity contribution is 7.11. The lowest BCUT2D eigenvalue weighted by molar-refractivity contribution is 0.816. The van der Waals surface area contributed by atoms with Gasteiger partial charge in [0.2, 0.25) is 0 Å². The third-order valence-electron chi connectivity index (χ3n) is 3.75. The summed E-state index contributed by atoms with van der Waals surface area (Å²) < 4.78 is 0. The number of aromatic nitrogens is 2. The van der Waals surface area contributed by atoms with Gasteiger partial charge in [-0.15, -0.1) is 11.3 Å². The molecular formula is C18H23N5S. The Kier molecular flexibility index (Phi) is 5.15. The average Bonchev–Trinajstić information content (AvgIpc) is 3.12. The average molecular weight is 341 g/mol. The van der Waals surface area contributed by atoms with E-state index in [-0.39, 0.29) is 0 Å². The number of para-hydroxylation sites is 1. The van der Waals surface area contributed by atoms with Crippen molar-refractivity contribution in [3.05, 3.63) is 51.6 Å². The van der Waals surface area contributed by atoms with Crippen LogP contribution in [-0.2, 0) is 13.1 Å². The highest BCUT2D eigenvalue weighted by Gasteiger charge is 2.06. The van der Waals surface area contributed by atoms with Crippen LogP contribution in [-0.4, -0.2) is 22.5 Å². The normalized spacial score (nSPS) is 11.9. The maximum atomic E-state index is 4.68. The summed E-state index contributed by atoms with van der Waals surface area (Å²) >= 11 is 1.73. The van der Waals surface area contributed by atoms with Gasteiger partial charge in [0.15, 0.2) is 5.96 Å². The minimum Gasteiger partial charge on any atom is -0.357 e. The molecule has 0 radical (unpaired) electrons. The van der Waals surface area contributed by atoms with Crippen molar-refractivity contribution >= 4 is 28.2 Å². The van der Waals surface area contributed by atoms with Gasteiger partial charge < -0.3 is 15.6 Å². The minimum atomic E-state index is 0.616. The van der Waals surface area contributed by atoms with Crippen LogP contribution in [0.3, 0.4) is 0 Å². The van der Waals surface area contributed by atoms with Crippen molar-refractivity contribution in [3.8, 4) is 0 Å². The first kappa shape index (κ1) is 16.5. The highest BCUT2D eigenvalue weighted by atomic mass is 32.1. The predicted molar refractivity (Wildman–Crippen MR) is 102 cm³/mol. The van der Waals surface area contributed by atoms with Crippen molar-refractivity contribution in [2.24, 2.45) is 4.99 Å². The molecule has 3 rings (SSSR count). The van der Waals surface area contributed by atoms with E-state index in [0.29, 0.717) is 6.54 Å². The lowest BCUT2D eigenvalue weighted by Crippen LogP contribution is -2.36. The summed E-state index contributed by atoms with van der Waals surface area (Å²) in [5.74, 6) is 0.821. The zero-order valence-corrected chi connectivity index (χ0v) is 15.1. The van der Waals surface area contributed by atoms with Gasteiger partial charge in [-0.05, 0) is 38.3 Å². The van der Waals surface area contributed by atoms with E-state index in [9.17, 15) is 0 Å². The lowest BCUT2D eigenvalue weighted by atomic mass is 10.2. The number of thiazole rings is 1. The number of aliphatic imine (C=N–C) groups is 1. The van der Waals surface area contributed by atoms with Crippen LogP contribution in [0.2, 0.25) is 0 Å². The zero-order valence-electron chi connectivity index (χ0n) is 14.3. The van der Waals surface area contributed by atoms with E-state index >= 15 is 0 Å². The SMILES string of the molecule is CCNC(=NCc1cc2ccccc2[nH]1)NCc1sc(C)nc1C. The molecule has 0 aliphatic heterocycles. The number of guanidine groups is 1. The molecule has 0 atom stereocenters. The number of hydrogen-bond acceptors (Lipinski definition) is 3. The highest BCUT2D eigenvalue weighted by Crippen LogP contribution is 2.17. The second kappa shape index (κ2) is 7.49. The minimum absolute atomic E-state index is 0.616. The fraction of sp³-hybridized carbons (Fsp3) is 0.333. The first-order valence-corrected chi connectivity index (χ1v) is 8.99. The van der Waals surface area contributed by atoms with Crippen LogP contribution < -0.4 is 10.6 Å². The molecular weight excluding hydrogens is 318 g/mol. The lowest BCUT2D eigenvalue weighted by Gasteiger charge is -2.10. The van der Waals surface area contributed by atoms with Gasteiger partial charge in [-0.25, -0.2) is 9.98 Å². The number of fused-ring (bicyclic) bond motifs is 1. The van der Waals surface area contributed by atoms with Gasteiger partial charge >= 0.3 is 0 Å². The van der Waals surface area contributed by atoms with Gasteiger partial charge in [-0.3, -0.25) is 0 Å². The molecule has 0 fully saturated rings. The number of aromatic amines is 1. The topological polar surface area (TPSA) is 65.1 Å². The molecule has 0 amide bonds. The van der Waals surface area contributed by atoms with Gasteiger partial charge in [-0.2, -0.15) is 0 Å². The molecule has 3 N–H and O–H groups in total. The maximum absolute atomic E-state index is 4.68. The first-order chi connectivity index (χ1) is 11.7. The molecule has 3 aromatic rings. The fourth-order valence-corrected chi connectivity index (χ4v) is 3.50. The Bertz CT molecular complexity index is 813. The molecule has 1 aromatic carbocycles. The van der Waals surface area contributed by atoms with Crippen LogP contribution in [0.15, 0.2) is 35.3 Å². The Balaban J connectivity index is 1.67. The molecule has 0 saturated carbocycles. The van der Waals surface area contributed by atoms with E-state index in [1.807, 2.05) is 19.1 Å².